The number of aromatic nitrogens is 1. The van der Waals surface area contributed by atoms with E-state index in [0.717, 1.165) is 5.56 Å². The van der Waals surface area contributed by atoms with Crippen molar-refractivity contribution in [3.05, 3.63) is 82.0 Å². The number of aromatic carboxylic acids is 1. The molecular weight excluding hydrogens is 495 g/mol. The van der Waals surface area contributed by atoms with Gasteiger partial charge in [0.2, 0.25) is 0 Å². The number of hydrogen-bond donors (Lipinski definition) is 3. The van der Waals surface area contributed by atoms with Gasteiger partial charge < -0.3 is 10.1 Å². The topological polar surface area (TPSA) is 99.3 Å². The van der Waals surface area contributed by atoms with Gasteiger partial charge >= 0.3 is 5.97 Å². The molecule has 1 aromatic heterocycles. The fourth-order valence-electron chi connectivity index (χ4n) is 3.74. The minimum Gasteiger partial charge on any atom is -0.477 e. The number of H-pyrrole nitrogens is 1. The van der Waals surface area contributed by atoms with E-state index in [4.69, 9.17) is 23.2 Å². The number of hydrogen-bond acceptors (Lipinski definition) is 3. The Morgan fingerprint density at radius 2 is 1.65 bits per heavy atom. The molecule has 0 fully saturated rings. The van der Waals surface area contributed by atoms with E-state index in [2.05, 4.69) is 30.5 Å². The molecule has 0 spiro atoms. The Bertz CT molecular complexity index is 1520. The first-order chi connectivity index (χ1) is 15.9. The van der Waals surface area contributed by atoms with Crippen LogP contribution in [0.15, 0.2) is 65.6 Å². The second-order valence-electron chi connectivity index (χ2n) is 8.94. The summed E-state index contributed by atoms with van der Waals surface area (Å²) < 4.78 is 28.6. The molecule has 3 aromatic carbocycles. The van der Waals surface area contributed by atoms with Gasteiger partial charge in [0.05, 0.1) is 4.90 Å². The minimum atomic E-state index is -3.87. The van der Waals surface area contributed by atoms with Gasteiger partial charge in [0.1, 0.15) is 5.69 Å². The number of anilines is 1. The molecule has 0 radical (unpaired) electrons. The van der Waals surface area contributed by atoms with Crippen molar-refractivity contribution in [2.45, 2.75) is 31.1 Å². The van der Waals surface area contributed by atoms with Crippen LogP contribution in [0.2, 0.25) is 10.0 Å². The second kappa shape index (κ2) is 8.65. The summed E-state index contributed by atoms with van der Waals surface area (Å²) in [7, 11) is -3.87. The highest BCUT2D eigenvalue weighted by Crippen LogP contribution is 2.39. The fraction of sp³-hybridized carbons (Fsp3) is 0.160. The smallest absolute Gasteiger partial charge is 0.352 e. The zero-order valence-corrected chi connectivity index (χ0v) is 20.9. The molecule has 0 atom stereocenters. The Kier molecular flexibility index (Phi) is 6.14. The van der Waals surface area contributed by atoms with Crippen molar-refractivity contribution in [1.29, 1.82) is 0 Å². The molecule has 6 nitrogen and oxygen atoms in total. The predicted molar refractivity (Wildman–Crippen MR) is 137 cm³/mol. The van der Waals surface area contributed by atoms with Crippen LogP contribution in [-0.4, -0.2) is 24.5 Å². The minimum absolute atomic E-state index is 0.0583. The van der Waals surface area contributed by atoms with E-state index in [0.29, 0.717) is 27.1 Å². The number of halogens is 2. The largest absolute Gasteiger partial charge is 0.477 e. The van der Waals surface area contributed by atoms with Crippen LogP contribution in [0.5, 0.6) is 0 Å². The summed E-state index contributed by atoms with van der Waals surface area (Å²) in [6.45, 7) is 6.16. The number of sulfonamides is 1. The summed E-state index contributed by atoms with van der Waals surface area (Å²) in [6, 6.07) is 16.3. The van der Waals surface area contributed by atoms with Gasteiger partial charge in [-0.1, -0.05) is 62.2 Å². The number of carbonyl (C=O) groups is 1. The van der Waals surface area contributed by atoms with E-state index in [1.165, 1.54) is 6.07 Å². The van der Waals surface area contributed by atoms with Crippen molar-refractivity contribution in [3.63, 3.8) is 0 Å². The van der Waals surface area contributed by atoms with Crippen LogP contribution in [0.3, 0.4) is 0 Å². The summed E-state index contributed by atoms with van der Waals surface area (Å²) >= 11 is 12.4. The Labute approximate surface area is 207 Å². The third-order valence-corrected chi connectivity index (χ3v) is 7.44. The zero-order valence-electron chi connectivity index (χ0n) is 18.6. The first-order valence-corrected chi connectivity index (χ1v) is 12.6. The quantitative estimate of drug-likeness (QED) is 0.267. The summed E-state index contributed by atoms with van der Waals surface area (Å²) in [5.74, 6) is -1.17. The predicted octanol–water partition coefficient (Wildman–Crippen LogP) is 6.94. The highest BCUT2D eigenvalue weighted by atomic mass is 35.5. The summed E-state index contributed by atoms with van der Waals surface area (Å²) in [5.41, 5.74) is 2.48. The van der Waals surface area contributed by atoms with Crippen LogP contribution in [0, 0.1) is 0 Å². The van der Waals surface area contributed by atoms with Gasteiger partial charge in [0, 0.05) is 37.8 Å². The lowest BCUT2D eigenvalue weighted by Gasteiger charge is -2.19. The summed E-state index contributed by atoms with van der Waals surface area (Å²) in [5, 5.41) is 10.9. The summed E-state index contributed by atoms with van der Waals surface area (Å²) in [4.78, 5) is 14.9. The molecule has 0 saturated heterocycles. The van der Waals surface area contributed by atoms with Crippen LogP contribution in [0.4, 0.5) is 5.69 Å². The molecule has 3 N–H and O–H groups in total. The maximum absolute atomic E-state index is 13.0. The lowest BCUT2D eigenvalue weighted by atomic mass is 9.87. The average Bonchev–Trinajstić information content (AvgIpc) is 3.12. The summed E-state index contributed by atoms with van der Waals surface area (Å²) in [6.07, 6.45) is 0. The number of aromatic amines is 1. The van der Waals surface area contributed by atoms with Crippen molar-refractivity contribution in [2.75, 3.05) is 4.72 Å². The van der Waals surface area contributed by atoms with Crippen LogP contribution >= 0.6 is 23.2 Å². The number of rotatable bonds is 5. The van der Waals surface area contributed by atoms with Crippen molar-refractivity contribution in [1.82, 2.24) is 4.98 Å². The fourth-order valence-corrected chi connectivity index (χ4v) is 5.29. The molecule has 34 heavy (non-hydrogen) atoms. The molecule has 4 aromatic rings. The standard InChI is InChI=1S/C25H22Cl2N2O4S/c1-25(2,3)14-4-8-17(9-5-14)34(32,33)29-16-7-11-21-19(13-16)22(23(28-21)24(30)31)18-10-6-15(26)12-20(18)27/h4-13,28-29H,1-3H3,(H,30,31). The Morgan fingerprint density at radius 3 is 2.24 bits per heavy atom. The highest BCUT2D eigenvalue weighted by molar-refractivity contribution is 7.92. The number of benzene rings is 3. The van der Waals surface area contributed by atoms with Crippen LogP contribution < -0.4 is 4.72 Å². The van der Waals surface area contributed by atoms with Crippen LogP contribution in [-0.2, 0) is 15.4 Å². The molecule has 0 unspecified atom stereocenters. The third-order valence-electron chi connectivity index (χ3n) is 5.50. The Balaban J connectivity index is 1.78. The highest BCUT2D eigenvalue weighted by Gasteiger charge is 2.22. The van der Waals surface area contributed by atoms with Gasteiger partial charge in [0.25, 0.3) is 10.0 Å². The normalized spacial score (nSPS) is 12.1. The first kappa shape index (κ1) is 24.1. The van der Waals surface area contributed by atoms with E-state index >= 15 is 0 Å². The molecule has 0 amide bonds. The number of carboxylic acids is 1. The SMILES string of the molecule is CC(C)(C)c1ccc(S(=O)(=O)Nc2ccc3[nH]c(C(=O)O)c(-c4ccc(Cl)cc4Cl)c3c2)cc1. The first-order valence-electron chi connectivity index (χ1n) is 10.3. The molecular formula is C25H22Cl2N2O4S. The molecule has 0 aliphatic heterocycles. The number of fused-ring (bicyclic) bond motifs is 1. The van der Waals surface area contributed by atoms with E-state index < -0.39 is 16.0 Å². The average molecular weight is 517 g/mol. The lowest BCUT2D eigenvalue weighted by Crippen LogP contribution is -2.14. The van der Waals surface area contributed by atoms with Gasteiger partial charge in [-0.2, -0.15) is 0 Å². The van der Waals surface area contributed by atoms with Crippen molar-refractivity contribution in [3.8, 4) is 11.1 Å². The van der Waals surface area contributed by atoms with Gasteiger partial charge in [-0.05, 0) is 53.4 Å². The van der Waals surface area contributed by atoms with Crippen molar-refractivity contribution >= 4 is 55.8 Å². The Hall–Kier alpha value is -3.00. The molecule has 0 saturated carbocycles. The molecule has 1 heterocycles. The lowest BCUT2D eigenvalue weighted by molar-refractivity contribution is 0.0692. The van der Waals surface area contributed by atoms with Crippen LogP contribution in [0.25, 0.3) is 22.0 Å². The van der Waals surface area contributed by atoms with E-state index in [-0.39, 0.29) is 26.7 Å². The molecule has 0 aliphatic carbocycles. The van der Waals surface area contributed by atoms with Crippen molar-refractivity contribution < 1.29 is 18.3 Å². The van der Waals surface area contributed by atoms with E-state index in [1.54, 1.807) is 54.6 Å². The monoisotopic (exact) mass is 516 g/mol. The van der Waals surface area contributed by atoms with Gasteiger partial charge in [-0.3, -0.25) is 4.72 Å². The van der Waals surface area contributed by atoms with E-state index in [9.17, 15) is 18.3 Å². The molecule has 0 bridgehead atoms. The molecule has 4 rings (SSSR count). The number of nitrogens with one attached hydrogen (secondary N) is 2. The zero-order chi connectivity index (χ0) is 24.8. The van der Waals surface area contributed by atoms with E-state index in [1.807, 2.05) is 0 Å². The second-order valence-corrected chi connectivity index (χ2v) is 11.5. The van der Waals surface area contributed by atoms with Gasteiger partial charge in [-0.25, -0.2) is 13.2 Å². The molecule has 9 heteroatoms. The van der Waals surface area contributed by atoms with Crippen molar-refractivity contribution in [2.24, 2.45) is 0 Å². The molecule has 176 valence electrons. The third kappa shape index (κ3) is 4.64. The van der Waals surface area contributed by atoms with Crippen LogP contribution in [0.1, 0.15) is 36.8 Å². The Morgan fingerprint density at radius 1 is 0.971 bits per heavy atom. The van der Waals surface area contributed by atoms with Gasteiger partial charge in [0.15, 0.2) is 0 Å². The number of carboxylic acid groups (broad SMARTS) is 1. The molecule has 0 aliphatic rings. The maximum atomic E-state index is 13.0. The maximum Gasteiger partial charge on any atom is 0.352 e. The van der Waals surface area contributed by atoms with Gasteiger partial charge in [-0.15, -0.1) is 0 Å².